The van der Waals surface area contributed by atoms with Gasteiger partial charge in [-0.05, 0) is 75.5 Å². The Morgan fingerprint density at radius 1 is 0.947 bits per heavy atom. The Kier molecular flexibility index (Phi) is 4.12. The lowest BCUT2D eigenvalue weighted by atomic mass is 9.53. The van der Waals surface area contributed by atoms with Crippen LogP contribution in [0.4, 0.5) is 0 Å². The van der Waals surface area contributed by atoms with Gasteiger partial charge in [0.2, 0.25) is 0 Å². The molecule has 106 valence electrons. The Morgan fingerprint density at radius 3 is 2.16 bits per heavy atom. The summed E-state index contributed by atoms with van der Waals surface area (Å²) < 4.78 is 0. The van der Waals surface area contributed by atoms with E-state index in [1.54, 1.807) is 0 Å². The minimum atomic E-state index is 0.528. The fourth-order valence-electron chi connectivity index (χ4n) is 5.18. The molecule has 1 nitrogen and oxygen atoms in total. The topological polar surface area (TPSA) is 12.0 Å². The maximum absolute atomic E-state index is 3.91. The molecule has 0 amide bonds. The molecule has 4 saturated carbocycles. The molecule has 4 rings (SSSR count). The standard InChI is InChI=1S/C18H29N/c1-2-3-4-5-6-7-8-19-18-12-15-9-16(13-18)11-17(10-15)14-18/h2,6-7,15-17,19H,1,3-5,8-14H2/b7-6+. The van der Waals surface area contributed by atoms with Gasteiger partial charge in [-0.1, -0.05) is 18.2 Å². The Balaban J connectivity index is 1.44. The zero-order chi connectivity index (χ0) is 13.1. The second-order valence-electron chi connectivity index (χ2n) is 7.27. The van der Waals surface area contributed by atoms with E-state index in [1.165, 1.54) is 51.4 Å². The van der Waals surface area contributed by atoms with Crippen LogP contribution >= 0.6 is 0 Å². The van der Waals surface area contributed by atoms with Crippen LogP contribution in [0.25, 0.3) is 0 Å². The first-order valence-corrected chi connectivity index (χ1v) is 8.30. The first kappa shape index (κ1) is 13.4. The van der Waals surface area contributed by atoms with Gasteiger partial charge >= 0.3 is 0 Å². The molecule has 4 bridgehead atoms. The number of hydrogen-bond donors (Lipinski definition) is 1. The fraction of sp³-hybridized carbons (Fsp3) is 0.778. The molecule has 0 aromatic rings. The Hall–Kier alpha value is -0.560. The molecule has 4 aliphatic rings. The summed E-state index contributed by atoms with van der Waals surface area (Å²) in [6, 6.07) is 0. The predicted molar refractivity (Wildman–Crippen MR) is 82.1 cm³/mol. The maximum Gasteiger partial charge on any atom is 0.0192 e. The summed E-state index contributed by atoms with van der Waals surface area (Å²) in [7, 11) is 0. The second kappa shape index (κ2) is 5.83. The van der Waals surface area contributed by atoms with Crippen molar-refractivity contribution in [3.63, 3.8) is 0 Å². The van der Waals surface area contributed by atoms with E-state index in [9.17, 15) is 0 Å². The molecule has 0 atom stereocenters. The largest absolute Gasteiger partial charge is 0.308 e. The predicted octanol–water partition coefficient (Wildman–Crippen LogP) is 4.46. The van der Waals surface area contributed by atoms with Crippen molar-refractivity contribution in [2.75, 3.05) is 6.54 Å². The third-order valence-electron chi connectivity index (χ3n) is 5.58. The highest BCUT2D eigenvalue weighted by molar-refractivity contribution is 5.07. The van der Waals surface area contributed by atoms with Crippen molar-refractivity contribution in [3.05, 3.63) is 24.8 Å². The lowest BCUT2D eigenvalue weighted by Gasteiger charge is -2.57. The summed E-state index contributed by atoms with van der Waals surface area (Å²) in [5.74, 6) is 3.15. The molecule has 1 heteroatoms. The van der Waals surface area contributed by atoms with E-state index in [0.29, 0.717) is 5.54 Å². The molecule has 0 aliphatic heterocycles. The van der Waals surface area contributed by atoms with Gasteiger partial charge in [0.15, 0.2) is 0 Å². The summed E-state index contributed by atoms with van der Waals surface area (Å²) in [4.78, 5) is 0. The van der Waals surface area contributed by atoms with Crippen molar-refractivity contribution in [1.29, 1.82) is 0 Å². The highest BCUT2D eigenvalue weighted by Crippen LogP contribution is 2.55. The van der Waals surface area contributed by atoms with Gasteiger partial charge in [-0.3, -0.25) is 0 Å². The van der Waals surface area contributed by atoms with Crippen LogP contribution in [0.15, 0.2) is 24.8 Å². The number of nitrogens with one attached hydrogen (secondary N) is 1. The lowest BCUT2D eigenvalue weighted by molar-refractivity contribution is -0.0179. The van der Waals surface area contributed by atoms with E-state index in [-0.39, 0.29) is 0 Å². The molecule has 0 radical (unpaired) electrons. The smallest absolute Gasteiger partial charge is 0.0192 e. The molecule has 4 aliphatic carbocycles. The van der Waals surface area contributed by atoms with Crippen LogP contribution in [0.2, 0.25) is 0 Å². The van der Waals surface area contributed by atoms with E-state index < -0.39 is 0 Å². The molecule has 0 heterocycles. The van der Waals surface area contributed by atoms with Crippen LogP contribution < -0.4 is 5.32 Å². The van der Waals surface area contributed by atoms with Crippen molar-refractivity contribution in [2.45, 2.75) is 63.3 Å². The number of unbranched alkanes of at least 4 members (excludes halogenated alkanes) is 2. The zero-order valence-corrected chi connectivity index (χ0v) is 12.2. The molecule has 0 unspecified atom stereocenters. The van der Waals surface area contributed by atoms with Crippen LogP contribution in [-0.2, 0) is 0 Å². The van der Waals surface area contributed by atoms with E-state index in [4.69, 9.17) is 0 Å². The Labute approximate surface area is 118 Å². The van der Waals surface area contributed by atoms with Crippen LogP contribution in [0.5, 0.6) is 0 Å². The Morgan fingerprint density at radius 2 is 1.58 bits per heavy atom. The first-order valence-electron chi connectivity index (χ1n) is 8.30. The van der Waals surface area contributed by atoms with E-state index in [0.717, 1.165) is 30.7 Å². The van der Waals surface area contributed by atoms with Gasteiger partial charge in [0.05, 0.1) is 0 Å². The van der Waals surface area contributed by atoms with Crippen molar-refractivity contribution in [3.8, 4) is 0 Å². The summed E-state index contributed by atoms with van der Waals surface area (Å²) in [5.41, 5.74) is 0.528. The average molecular weight is 259 g/mol. The van der Waals surface area contributed by atoms with Gasteiger partial charge in [-0.15, -0.1) is 6.58 Å². The van der Waals surface area contributed by atoms with Crippen molar-refractivity contribution in [2.24, 2.45) is 17.8 Å². The van der Waals surface area contributed by atoms with Crippen molar-refractivity contribution >= 4 is 0 Å². The molecule has 0 aromatic carbocycles. The SMILES string of the molecule is C=CCCC/C=C/CNC12CC3CC(CC(C3)C1)C2. The minimum absolute atomic E-state index is 0.528. The number of allylic oxidation sites excluding steroid dienone is 2. The normalized spacial score (nSPS) is 40.1. The molecular formula is C18H29N. The first-order chi connectivity index (χ1) is 9.30. The fourth-order valence-corrected chi connectivity index (χ4v) is 5.18. The Bertz CT molecular complexity index is 306. The van der Waals surface area contributed by atoms with Gasteiger partial charge in [-0.2, -0.15) is 0 Å². The molecule has 1 N–H and O–H groups in total. The van der Waals surface area contributed by atoms with Gasteiger partial charge in [0, 0.05) is 12.1 Å². The van der Waals surface area contributed by atoms with Crippen LogP contribution in [0, 0.1) is 17.8 Å². The van der Waals surface area contributed by atoms with Gasteiger partial charge in [0.25, 0.3) is 0 Å². The summed E-state index contributed by atoms with van der Waals surface area (Å²) in [5, 5.41) is 3.91. The van der Waals surface area contributed by atoms with Gasteiger partial charge in [0.1, 0.15) is 0 Å². The van der Waals surface area contributed by atoms with Crippen LogP contribution in [0.1, 0.15) is 57.8 Å². The molecular weight excluding hydrogens is 230 g/mol. The highest BCUT2D eigenvalue weighted by atomic mass is 15.0. The molecule has 0 spiro atoms. The van der Waals surface area contributed by atoms with Crippen molar-refractivity contribution in [1.82, 2.24) is 5.32 Å². The highest BCUT2D eigenvalue weighted by Gasteiger charge is 2.50. The second-order valence-corrected chi connectivity index (χ2v) is 7.27. The van der Waals surface area contributed by atoms with E-state index in [2.05, 4.69) is 24.0 Å². The average Bonchev–Trinajstić information content (AvgIpc) is 2.36. The van der Waals surface area contributed by atoms with Crippen molar-refractivity contribution < 1.29 is 0 Å². The molecule has 0 aromatic heterocycles. The van der Waals surface area contributed by atoms with Gasteiger partial charge in [-0.25, -0.2) is 0 Å². The van der Waals surface area contributed by atoms with Crippen LogP contribution in [0.3, 0.4) is 0 Å². The number of hydrogen-bond acceptors (Lipinski definition) is 1. The summed E-state index contributed by atoms with van der Waals surface area (Å²) in [6.07, 6.45) is 19.3. The number of rotatable bonds is 7. The summed E-state index contributed by atoms with van der Waals surface area (Å²) in [6.45, 7) is 4.85. The third kappa shape index (κ3) is 3.13. The van der Waals surface area contributed by atoms with E-state index >= 15 is 0 Å². The third-order valence-corrected chi connectivity index (χ3v) is 5.58. The maximum atomic E-state index is 3.91. The van der Waals surface area contributed by atoms with E-state index in [1.807, 2.05) is 6.08 Å². The quantitative estimate of drug-likeness (QED) is 0.526. The van der Waals surface area contributed by atoms with Crippen LogP contribution in [-0.4, -0.2) is 12.1 Å². The minimum Gasteiger partial charge on any atom is -0.308 e. The molecule has 4 fully saturated rings. The molecule has 19 heavy (non-hydrogen) atoms. The monoisotopic (exact) mass is 259 g/mol. The summed E-state index contributed by atoms with van der Waals surface area (Å²) >= 11 is 0. The lowest BCUT2D eigenvalue weighted by Crippen LogP contribution is -2.58. The zero-order valence-electron chi connectivity index (χ0n) is 12.2. The molecule has 0 saturated heterocycles. The van der Waals surface area contributed by atoms with Gasteiger partial charge < -0.3 is 5.32 Å².